The molecule has 5 heteroatoms. The summed E-state index contributed by atoms with van der Waals surface area (Å²) in [6, 6.07) is 9.60. The lowest BCUT2D eigenvalue weighted by molar-refractivity contribution is -0.119. The van der Waals surface area contributed by atoms with E-state index in [-0.39, 0.29) is 11.9 Å². The summed E-state index contributed by atoms with van der Waals surface area (Å²) in [7, 11) is 0. The molecule has 0 spiro atoms. The van der Waals surface area contributed by atoms with Crippen LogP contribution in [-0.2, 0) is 4.79 Å². The smallest absolute Gasteiger partial charge is 0.219 e. The third-order valence-corrected chi connectivity index (χ3v) is 4.87. The highest BCUT2D eigenvalue weighted by Crippen LogP contribution is 2.34. The van der Waals surface area contributed by atoms with Gasteiger partial charge in [-0.15, -0.1) is 0 Å². The van der Waals surface area contributed by atoms with Crippen molar-refractivity contribution >= 4 is 29.2 Å². The Hall–Kier alpha value is -2.59. The van der Waals surface area contributed by atoms with Crippen LogP contribution in [-0.4, -0.2) is 16.9 Å². The van der Waals surface area contributed by atoms with Crippen molar-refractivity contribution in [3.63, 3.8) is 0 Å². The summed E-state index contributed by atoms with van der Waals surface area (Å²) in [5.41, 5.74) is 3.46. The van der Waals surface area contributed by atoms with Gasteiger partial charge < -0.3 is 10.1 Å². The molecule has 0 unspecified atom stereocenters. The fourth-order valence-electron chi connectivity index (χ4n) is 3.17. The lowest BCUT2D eigenvalue weighted by Crippen LogP contribution is -2.28. The van der Waals surface area contributed by atoms with Crippen molar-refractivity contribution < 1.29 is 9.53 Å². The summed E-state index contributed by atoms with van der Waals surface area (Å²) in [5, 5.41) is 3.38. The molecule has 1 amide bonds. The Morgan fingerprint density at radius 2 is 2.14 bits per heavy atom. The van der Waals surface area contributed by atoms with Gasteiger partial charge in [0.05, 0.1) is 5.02 Å². The zero-order valence-electron chi connectivity index (χ0n) is 16.2. The summed E-state index contributed by atoms with van der Waals surface area (Å²) in [6.07, 6.45) is 12.6. The van der Waals surface area contributed by atoms with Crippen LogP contribution >= 0.6 is 11.6 Å². The van der Waals surface area contributed by atoms with E-state index >= 15 is 0 Å². The fraction of sp³-hybridized carbons (Fsp3) is 0.304. The number of rotatable bonds is 6. The largest absolute Gasteiger partial charge is 0.437 e. The molecule has 1 aromatic carbocycles. The number of carbonyl (C=O) groups is 1. The molecule has 0 radical (unpaired) electrons. The highest BCUT2D eigenvalue weighted by Gasteiger charge is 2.10. The van der Waals surface area contributed by atoms with E-state index in [9.17, 15) is 4.79 Å². The van der Waals surface area contributed by atoms with E-state index in [1.54, 1.807) is 12.3 Å². The first-order valence-electron chi connectivity index (χ1n) is 9.59. The molecule has 0 aliphatic heterocycles. The van der Waals surface area contributed by atoms with Gasteiger partial charge in [0.15, 0.2) is 0 Å². The van der Waals surface area contributed by atoms with Crippen LogP contribution < -0.4 is 10.1 Å². The van der Waals surface area contributed by atoms with Crippen molar-refractivity contribution in [1.82, 2.24) is 10.3 Å². The molecular formula is C23H25ClN2O2. The summed E-state index contributed by atoms with van der Waals surface area (Å²) < 4.78 is 5.84. The first kappa shape index (κ1) is 20.2. The van der Waals surface area contributed by atoms with Crippen molar-refractivity contribution in [2.75, 3.05) is 0 Å². The SMILES string of the molecule is CC(=O)N[C@@H](C)/C=C/c1ccc(Oc2ccc(C3=CCCCC3)cc2Cl)nc1. The zero-order valence-corrected chi connectivity index (χ0v) is 17.0. The number of halogens is 1. The number of benzene rings is 1. The lowest BCUT2D eigenvalue weighted by Gasteiger charge is -2.14. The second kappa shape index (κ2) is 9.56. The summed E-state index contributed by atoms with van der Waals surface area (Å²) >= 11 is 6.43. The van der Waals surface area contributed by atoms with Crippen LogP contribution in [0.3, 0.4) is 0 Å². The van der Waals surface area contributed by atoms with Crippen molar-refractivity contribution in [1.29, 1.82) is 0 Å². The molecule has 28 heavy (non-hydrogen) atoms. The fourth-order valence-corrected chi connectivity index (χ4v) is 3.39. The average Bonchev–Trinajstić information content (AvgIpc) is 2.69. The molecule has 1 atom stereocenters. The minimum atomic E-state index is -0.0540. The van der Waals surface area contributed by atoms with Gasteiger partial charge in [0.2, 0.25) is 11.8 Å². The molecule has 0 fully saturated rings. The van der Waals surface area contributed by atoms with E-state index in [4.69, 9.17) is 16.3 Å². The number of nitrogens with zero attached hydrogens (tertiary/aromatic N) is 1. The first-order valence-corrected chi connectivity index (χ1v) is 9.97. The summed E-state index contributed by atoms with van der Waals surface area (Å²) in [5.74, 6) is 1.03. The second-order valence-corrected chi connectivity index (χ2v) is 7.41. The average molecular weight is 397 g/mol. The van der Waals surface area contributed by atoms with Crippen LogP contribution in [0.4, 0.5) is 0 Å². The Kier molecular flexibility index (Phi) is 6.88. The quantitative estimate of drug-likeness (QED) is 0.649. The normalized spacial score (nSPS) is 15.2. The van der Waals surface area contributed by atoms with E-state index in [1.165, 1.54) is 30.9 Å². The number of carbonyl (C=O) groups excluding carboxylic acids is 1. The standard InChI is InChI=1S/C23H25ClN2O2/c1-16(26-17(2)27)8-9-18-10-13-23(25-15-18)28-22-12-11-20(14-21(22)24)19-6-4-3-5-7-19/h6,8-16H,3-5,7H2,1-2H3,(H,26,27)/b9-8+/t16-/m0/s1. The van der Waals surface area contributed by atoms with Gasteiger partial charge in [-0.2, -0.15) is 0 Å². The first-order chi connectivity index (χ1) is 13.5. The molecule has 1 aliphatic carbocycles. The third-order valence-electron chi connectivity index (χ3n) is 4.58. The number of hydrogen-bond acceptors (Lipinski definition) is 3. The second-order valence-electron chi connectivity index (χ2n) is 7.00. The number of allylic oxidation sites excluding steroid dienone is 2. The molecule has 0 bridgehead atoms. The highest BCUT2D eigenvalue weighted by molar-refractivity contribution is 6.32. The van der Waals surface area contributed by atoms with E-state index in [1.807, 2.05) is 37.3 Å². The Morgan fingerprint density at radius 3 is 2.79 bits per heavy atom. The molecule has 1 N–H and O–H groups in total. The van der Waals surface area contributed by atoms with Gasteiger partial charge in [0, 0.05) is 25.2 Å². The molecule has 2 aromatic rings. The van der Waals surface area contributed by atoms with Gasteiger partial charge >= 0.3 is 0 Å². The Bertz CT molecular complexity index is 888. The maximum absolute atomic E-state index is 11.0. The molecule has 1 heterocycles. The van der Waals surface area contributed by atoms with Crippen LogP contribution in [0.2, 0.25) is 5.02 Å². The van der Waals surface area contributed by atoms with Crippen molar-refractivity contribution in [3.05, 3.63) is 64.8 Å². The Morgan fingerprint density at radius 1 is 1.29 bits per heavy atom. The Labute approximate surface area is 171 Å². The van der Waals surface area contributed by atoms with Crippen molar-refractivity contribution in [2.24, 2.45) is 0 Å². The van der Waals surface area contributed by atoms with E-state index in [0.717, 1.165) is 18.4 Å². The molecule has 1 aliphatic rings. The number of nitrogens with one attached hydrogen (secondary N) is 1. The molecular weight excluding hydrogens is 372 g/mol. The van der Waals surface area contributed by atoms with Gasteiger partial charge in [0.1, 0.15) is 5.75 Å². The van der Waals surface area contributed by atoms with Crippen molar-refractivity contribution in [2.45, 2.75) is 45.6 Å². The molecule has 4 nitrogen and oxygen atoms in total. The minimum Gasteiger partial charge on any atom is -0.437 e. The summed E-state index contributed by atoms with van der Waals surface area (Å²) in [4.78, 5) is 15.4. The zero-order chi connectivity index (χ0) is 19.9. The van der Waals surface area contributed by atoms with Gasteiger partial charge in [-0.3, -0.25) is 4.79 Å². The van der Waals surface area contributed by atoms with Gasteiger partial charge in [-0.25, -0.2) is 4.98 Å². The number of ether oxygens (including phenoxy) is 1. The van der Waals surface area contributed by atoms with E-state index in [2.05, 4.69) is 22.4 Å². The van der Waals surface area contributed by atoms with E-state index < -0.39 is 0 Å². The molecule has 1 aromatic heterocycles. The van der Waals surface area contributed by atoms with Crippen LogP contribution in [0.5, 0.6) is 11.6 Å². The predicted octanol–water partition coefficient (Wildman–Crippen LogP) is 6.02. The number of amides is 1. The van der Waals surface area contributed by atoms with Crippen LogP contribution in [0, 0.1) is 0 Å². The lowest BCUT2D eigenvalue weighted by atomic mass is 9.94. The number of pyridine rings is 1. The number of hydrogen-bond donors (Lipinski definition) is 1. The van der Waals surface area contributed by atoms with Gasteiger partial charge in [0.25, 0.3) is 0 Å². The maximum atomic E-state index is 11.0. The van der Waals surface area contributed by atoms with Gasteiger partial charge in [-0.1, -0.05) is 35.9 Å². The highest BCUT2D eigenvalue weighted by atomic mass is 35.5. The van der Waals surface area contributed by atoms with Crippen molar-refractivity contribution in [3.8, 4) is 11.6 Å². The Balaban J connectivity index is 1.64. The molecule has 146 valence electrons. The summed E-state index contributed by atoms with van der Waals surface area (Å²) in [6.45, 7) is 3.42. The minimum absolute atomic E-state index is 0.0370. The topological polar surface area (TPSA) is 51.2 Å². The van der Waals surface area contributed by atoms with Crippen LogP contribution in [0.15, 0.2) is 48.7 Å². The van der Waals surface area contributed by atoms with E-state index in [0.29, 0.717) is 16.7 Å². The molecule has 3 rings (SSSR count). The monoisotopic (exact) mass is 396 g/mol. The van der Waals surface area contributed by atoms with Crippen LogP contribution in [0.25, 0.3) is 11.6 Å². The predicted molar refractivity (Wildman–Crippen MR) is 115 cm³/mol. The molecule has 0 saturated heterocycles. The van der Waals surface area contributed by atoms with Gasteiger partial charge in [-0.05, 0) is 67.5 Å². The molecule has 0 saturated carbocycles. The number of aromatic nitrogens is 1. The third kappa shape index (κ3) is 5.70. The maximum Gasteiger partial charge on any atom is 0.219 e. The van der Waals surface area contributed by atoms with Crippen LogP contribution in [0.1, 0.15) is 50.7 Å².